The first-order chi connectivity index (χ1) is 16.9. The molecule has 35 heavy (non-hydrogen) atoms. The van der Waals surface area contributed by atoms with Crippen molar-refractivity contribution in [1.29, 1.82) is 0 Å². The van der Waals surface area contributed by atoms with Crippen molar-refractivity contribution < 1.29 is 14.5 Å². The number of carbonyl (C=O) groups excluding carboxylic acids is 2. The van der Waals surface area contributed by atoms with Crippen molar-refractivity contribution in [3.8, 4) is 0 Å². The van der Waals surface area contributed by atoms with Gasteiger partial charge in [-0.05, 0) is 47.2 Å². The number of nitro groups is 1. The molecule has 4 aromatic rings. The molecule has 7 nitrogen and oxygen atoms in total. The summed E-state index contributed by atoms with van der Waals surface area (Å²) in [5.41, 5.74) is 3.35. The van der Waals surface area contributed by atoms with E-state index in [1.54, 1.807) is 12.1 Å². The molecule has 1 aromatic heterocycles. The molecule has 1 aliphatic rings. The maximum atomic E-state index is 13.1. The zero-order valence-corrected chi connectivity index (χ0v) is 19.8. The summed E-state index contributed by atoms with van der Waals surface area (Å²) in [7, 11) is 0. The number of halogens is 1. The van der Waals surface area contributed by atoms with Crippen molar-refractivity contribution in [3.63, 3.8) is 0 Å². The standard InChI is InChI=1S/C26H18ClN3O4S/c27-20-10-8-17(9-11-20)14-28-16-19(22-6-1-2-7-23(22)28)13-24-25(31)29(26(32)35-24)15-18-4-3-5-21(12-18)30(33)34/h1-13,16H,14-15H2/b24-13+. The largest absolute Gasteiger partial charge is 0.342 e. The lowest BCUT2D eigenvalue weighted by atomic mass is 10.1. The number of imide groups is 1. The van der Waals surface area contributed by atoms with Crippen molar-refractivity contribution in [2.24, 2.45) is 0 Å². The highest BCUT2D eigenvalue weighted by Crippen LogP contribution is 2.35. The fraction of sp³-hybridized carbons (Fsp3) is 0.0769. The second-order valence-corrected chi connectivity index (χ2v) is 9.48. The molecule has 0 radical (unpaired) electrons. The lowest BCUT2D eigenvalue weighted by Gasteiger charge is -2.12. The Morgan fingerprint density at radius 2 is 1.71 bits per heavy atom. The summed E-state index contributed by atoms with van der Waals surface area (Å²) in [5, 5.41) is 12.3. The molecule has 0 unspecified atom stereocenters. The highest BCUT2D eigenvalue weighted by atomic mass is 35.5. The molecule has 9 heteroatoms. The van der Waals surface area contributed by atoms with Gasteiger partial charge in [0.2, 0.25) is 0 Å². The van der Waals surface area contributed by atoms with Crippen LogP contribution in [0.3, 0.4) is 0 Å². The van der Waals surface area contributed by atoms with Gasteiger partial charge in [0, 0.05) is 46.4 Å². The molecular weight excluding hydrogens is 486 g/mol. The number of aromatic nitrogens is 1. The van der Waals surface area contributed by atoms with Gasteiger partial charge in [0.25, 0.3) is 16.8 Å². The van der Waals surface area contributed by atoms with Gasteiger partial charge in [0.15, 0.2) is 0 Å². The van der Waals surface area contributed by atoms with Crippen LogP contribution in [-0.2, 0) is 17.9 Å². The van der Waals surface area contributed by atoms with Crippen LogP contribution in [0.25, 0.3) is 17.0 Å². The fourth-order valence-electron chi connectivity index (χ4n) is 4.04. The van der Waals surface area contributed by atoms with Crippen LogP contribution in [0.5, 0.6) is 0 Å². The number of rotatable bonds is 6. The minimum Gasteiger partial charge on any atom is -0.342 e. The van der Waals surface area contributed by atoms with Crippen LogP contribution in [-0.4, -0.2) is 25.5 Å². The van der Waals surface area contributed by atoms with Crippen LogP contribution < -0.4 is 0 Å². The number of hydrogen-bond acceptors (Lipinski definition) is 5. The summed E-state index contributed by atoms with van der Waals surface area (Å²) >= 11 is 6.88. The third kappa shape index (κ3) is 4.71. The maximum Gasteiger partial charge on any atom is 0.293 e. The van der Waals surface area contributed by atoms with Gasteiger partial charge >= 0.3 is 0 Å². The summed E-state index contributed by atoms with van der Waals surface area (Å²) in [6.45, 7) is 0.599. The van der Waals surface area contributed by atoms with Gasteiger partial charge < -0.3 is 4.57 Å². The fourth-order valence-corrected chi connectivity index (χ4v) is 4.99. The Balaban J connectivity index is 1.44. The monoisotopic (exact) mass is 503 g/mol. The highest BCUT2D eigenvalue weighted by Gasteiger charge is 2.35. The van der Waals surface area contributed by atoms with Crippen molar-refractivity contribution in [1.82, 2.24) is 9.47 Å². The van der Waals surface area contributed by atoms with Gasteiger partial charge in [-0.1, -0.05) is 54.1 Å². The Hall–Kier alpha value is -3.88. The SMILES string of the molecule is O=C1S/C(=C/c2cn(Cc3ccc(Cl)cc3)c3ccccc23)C(=O)N1Cc1cccc([N+](=O)[O-])c1. The Kier molecular flexibility index (Phi) is 6.15. The van der Waals surface area contributed by atoms with E-state index in [-0.39, 0.29) is 12.2 Å². The number of fused-ring (bicyclic) bond motifs is 1. The quantitative estimate of drug-likeness (QED) is 0.170. The number of para-hydroxylation sites is 1. The zero-order valence-electron chi connectivity index (χ0n) is 18.3. The number of carbonyl (C=O) groups is 2. The molecule has 1 saturated heterocycles. The van der Waals surface area contributed by atoms with Crippen molar-refractivity contribution in [2.45, 2.75) is 13.1 Å². The summed E-state index contributed by atoms with van der Waals surface area (Å²) in [6.07, 6.45) is 3.70. The molecule has 2 amide bonds. The van der Waals surface area contributed by atoms with Gasteiger partial charge in [0.1, 0.15) is 0 Å². The molecule has 0 aliphatic carbocycles. The van der Waals surface area contributed by atoms with Gasteiger partial charge in [-0.25, -0.2) is 0 Å². The summed E-state index contributed by atoms with van der Waals surface area (Å²) in [6, 6.07) is 21.5. The van der Waals surface area contributed by atoms with E-state index in [1.807, 2.05) is 54.7 Å². The first kappa shape index (κ1) is 22.9. The van der Waals surface area contributed by atoms with Gasteiger partial charge in [-0.3, -0.25) is 24.6 Å². The summed E-state index contributed by atoms with van der Waals surface area (Å²) < 4.78 is 2.09. The molecule has 1 aliphatic heterocycles. The number of amides is 2. The average molecular weight is 504 g/mol. The van der Waals surface area contributed by atoms with Crippen LogP contribution in [0.2, 0.25) is 5.02 Å². The molecule has 0 N–H and O–H groups in total. The zero-order chi connectivity index (χ0) is 24.5. The maximum absolute atomic E-state index is 13.1. The third-order valence-corrected chi connectivity index (χ3v) is 6.87. The molecule has 2 heterocycles. The van der Waals surface area contributed by atoms with Crippen LogP contribution in [0, 0.1) is 10.1 Å². The molecule has 1 fully saturated rings. The summed E-state index contributed by atoms with van der Waals surface area (Å²) in [4.78, 5) is 37.7. The number of non-ortho nitro benzene ring substituents is 1. The van der Waals surface area contributed by atoms with Crippen molar-refractivity contribution in [3.05, 3.63) is 116 Å². The van der Waals surface area contributed by atoms with E-state index >= 15 is 0 Å². The van der Waals surface area contributed by atoms with E-state index in [2.05, 4.69) is 4.57 Å². The minimum atomic E-state index is -0.503. The molecule has 5 rings (SSSR count). The third-order valence-electron chi connectivity index (χ3n) is 5.71. The topological polar surface area (TPSA) is 85.5 Å². The van der Waals surface area contributed by atoms with E-state index in [0.717, 1.165) is 38.7 Å². The van der Waals surface area contributed by atoms with Gasteiger partial charge in [-0.15, -0.1) is 0 Å². The molecule has 3 aromatic carbocycles. The minimum absolute atomic E-state index is 0.0258. The van der Waals surface area contributed by atoms with E-state index in [0.29, 0.717) is 22.0 Å². The van der Waals surface area contributed by atoms with Crippen molar-refractivity contribution >= 4 is 57.2 Å². The van der Waals surface area contributed by atoms with E-state index in [4.69, 9.17) is 11.6 Å². The van der Waals surface area contributed by atoms with Gasteiger partial charge in [-0.2, -0.15) is 0 Å². The Bertz CT molecular complexity index is 1510. The predicted octanol–water partition coefficient (Wildman–Crippen LogP) is 6.49. The van der Waals surface area contributed by atoms with E-state index < -0.39 is 16.1 Å². The molecule has 0 saturated carbocycles. The first-order valence-electron chi connectivity index (χ1n) is 10.7. The normalized spacial score (nSPS) is 14.9. The number of thioether (sulfide) groups is 1. The van der Waals surface area contributed by atoms with E-state index in [9.17, 15) is 19.7 Å². The number of nitro benzene ring substituents is 1. The van der Waals surface area contributed by atoms with Crippen molar-refractivity contribution in [2.75, 3.05) is 0 Å². The number of benzene rings is 3. The smallest absolute Gasteiger partial charge is 0.293 e. The lowest BCUT2D eigenvalue weighted by molar-refractivity contribution is -0.384. The molecule has 0 atom stereocenters. The second kappa shape index (κ2) is 9.40. The number of hydrogen-bond donors (Lipinski definition) is 0. The van der Waals surface area contributed by atoms with Crippen LogP contribution in [0.15, 0.2) is 83.9 Å². The highest BCUT2D eigenvalue weighted by molar-refractivity contribution is 8.18. The molecule has 174 valence electrons. The predicted molar refractivity (Wildman–Crippen MR) is 137 cm³/mol. The second-order valence-electron chi connectivity index (χ2n) is 8.05. The summed E-state index contributed by atoms with van der Waals surface area (Å²) in [5.74, 6) is -0.416. The molecular formula is C26H18ClN3O4S. The average Bonchev–Trinajstić information content (AvgIpc) is 3.32. The Morgan fingerprint density at radius 1 is 0.943 bits per heavy atom. The first-order valence-corrected chi connectivity index (χ1v) is 11.9. The lowest BCUT2D eigenvalue weighted by Crippen LogP contribution is -2.27. The Morgan fingerprint density at radius 3 is 2.49 bits per heavy atom. The Labute approximate surface area is 209 Å². The van der Waals surface area contributed by atoms with Crippen LogP contribution in [0.1, 0.15) is 16.7 Å². The van der Waals surface area contributed by atoms with Crippen LogP contribution >= 0.6 is 23.4 Å². The molecule has 0 bridgehead atoms. The molecule has 0 spiro atoms. The van der Waals surface area contributed by atoms with Gasteiger partial charge in [0.05, 0.1) is 16.4 Å². The number of nitrogens with zero attached hydrogens (tertiary/aromatic N) is 3. The van der Waals surface area contributed by atoms with E-state index in [1.165, 1.54) is 18.2 Å². The van der Waals surface area contributed by atoms with Crippen LogP contribution in [0.4, 0.5) is 10.5 Å².